The number of aryl methyl sites for hydroxylation is 1. The van der Waals surface area contributed by atoms with Crippen molar-refractivity contribution in [2.45, 2.75) is 6.92 Å². The van der Waals surface area contributed by atoms with Gasteiger partial charge in [0.15, 0.2) is 0 Å². The van der Waals surface area contributed by atoms with E-state index in [1.54, 1.807) is 6.08 Å². The molecular formula is C19H18O. The van der Waals surface area contributed by atoms with Gasteiger partial charge < -0.3 is 5.11 Å². The summed E-state index contributed by atoms with van der Waals surface area (Å²) in [6.07, 6.45) is 3.07. The molecule has 0 aliphatic carbocycles. The normalized spacial score (nSPS) is 11.7. The molecule has 2 aromatic carbocycles. The number of hydrogen-bond acceptors (Lipinski definition) is 1. The third kappa shape index (κ3) is 2.89. The summed E-state index contributed by atoms with van der Waals surface area (Å²) in [6, 6.07) is 16.4. The lowest BCUT2D eigenvalue weighted by Crippen LogP contribution is -1.88. The molecule has 0 aliphatic rings. The van der Waals surface area contributed by atoms with E-state index < -0.39 is 0 Å². The van der Waals surface area contributed by atoms with Crippen molar-refractivity contribution in [2.75, 3.05) is 0 Å². The number of benzene rings is 2. The Balaban J connectivity index is 2.50. The van der Waals surface area contributed by atoms with Crippen LogP contribution in [0.25, 0.3) is 16.7 Å². The van der Waals surface area contributed by atoms with Crippen molar-refractivity contribution in [3.8, 4) is 11.1 Å². The smallest absolute Gasteiger partial charge is 0.122 e. The fourth-order valence-corrected chi connectivity index (χ4v) is 2.09. The Morgan fingerprint density at radius 2 is 1.65 bits per heavy atom. The second kappa shape index (κ2) is 6.07. The van der Waals surface area contributed by atoms with E-state index in [9.17, 15) is 5.11 Å². The summed E-state index contributed by atoms with van der Waals surface area (Å²) in [5.41, 5.74) is 5.11. The monoisotopic (exact) mass is 262 g/mol. The first-order valence-electron chi connectivity index (χ1n) is 6.51. The number of allylic oxidation sites excluding steroid dienone is 3. The molecule has 1 nitrogen and oxygen atoms in total. The Bertz CT molecular complexity index is 660. The highest BCUT2D eigenvalue weighted by Crippen LogP contribution is 2.26. The molecule has 0 aromatic heterocycles. The minimum absolute atomic E-state index is 0.140. The van der Waals surface area contributed by atoms with Crippen LogP contribution in [0.5, 0.6) is 0 Å². The van der Waals surface area contributed by atoms with Gasteiger partial charge in [0.2, 0.25) is 0 Å². The summed E-state index contributed by atoms with van der Waals surface area (Å²) in [5.74, 6) is 0.140. The summed E-state index contributed by atoms with van der Waals surface area (Å²) in [5, 5.41) is 9.86. The zero-order valence-corrected chi connectivity index (χ0v) is 11.6. The van der Waals surface area contributed by atoms with E-state index in [0.29, 0.717) is 5.57 Å². The highest BCUT2D eigenvalue weighted by molar-refractivity contribution is 5.79. The molecule has 1 N–H and O–H groups in total. The van der Waals surface area contributed by atoms with Crippen LogP contribution in [0.2, 0.25) is 0 Å². The van der Waals surface area contributed by atoms with Crippen molar-refractivity contribution in [1.29, 1.82) is 0 Å². The summed E-state index contributed by atoms with van der Waals surface area (Å²) in [4.78, 5) is 0. The molecule has 0 heterocycles. The van der Waals surface area contributed by atoms with E-state index in [1.807, 2.05) is 18.2 Å². The minimum atomic E-state index is 0.140. The summed E-state index contributed by atoms with van der Waals surface area (Å²) in [6.45, 7) is 9.41. The molecule has 2 rings (SSSR count). The van der Waals surface area contributed by atoms with Gasteiger partial charge in [0, 0.05) is 5.57 Å². The average molecular weight is 262 g/mol. The Morgan fingerprint density at radius 3 is 2.25 bits per heavy atom. The van der Waals surface area contributed by atoms with Gasteiger partial charge in [-0.1, -0.05) is 67.3 Å². The molecule has 2 aromatic rings. The number of hydrogen-bond donors (Lipinski definition) is 1. The first kappa shape index (κ1) is 13.9. The topological polar surface area (TPSA) is 20.2 Å². The van der Waals surface area contributed by atoms with Crippen LogP contribution in [0.4, 0.5) is 0 Å². The molecule has 0 bridgehead atoms. The van der Waals surface area contributed by atoms with E-state index in [1.165, 1.54) is 11.6 Å². The molecule has 0 amide bonds. The zero-order chi connectivity index (χ0) is 14.5. The maximum absolute atomic E-state index is 9.86. The quantitative estimate of drug-likeness (QED) is 0.585. The van der Waals surface area contributed by atoms with Crippen LogP contribution in [0.1, 0.15) is 11.1 Å². The maximum Gasteiger partial charge on any atom is 0.122 e. The van der Waals surface area contributed by atoms with Crippen molar-refractivity contribution in [3.05, 3.63) is 90.7 Å². The van der Waals surface area contributed by atoms with Crippen LogP contribution < -0.4 is 0 Å². The Hall–Kier alpha value is -2.54. The van der Waals surface area contributed by atoms with Crippen LogP contribution in [-0.2, 0) is 0 Å². The molecule has 0 saturated heterocycles. The van der Waals surface area contributed by atoms with Crippen molar-refractivity contribution >= 4 is 5.57 Å². The lowest BCUT2D eigenvalue weighted by molar-refractivity contribution is 0.436. The second-order valence-electron chi connectivity index (χ2n) is 4.65. The van der Waals surface area contributed by atoms with Crippen molar-refractivity contribution < 1.29 is 5.11 Å². The molecule has 0 spiro atoms. The lowest BCUT2D eigenvalue weighted by Gasteiger charge is -2.08. The van der Waals surface area contributed by atoms with Crippen molar-refractivity contribution in [2.24, 2.45) is 0 Å². The zero-order valence-electron chi connectivity index (χ0n) is 11.6. The molecule has 100 valence electrons. The molecular weight excluding hydrogens is 244 g/mol. The molecule has 1 heteroatoms. The van der Waals surface area contributed by atoms with Gasteiger partial charge in [-0.05, 0) is 35.8 Å². The van der Waals surface area contributed by atoms with E-state index in [0.717, 1.165) is 16.7 Å². The second-order valence-corrected chi connectivity index (χ2v) is 4.65. The fourth-order valence-electron chi connectivity index (χ4n) is 2.09. The number of rotatable bonds is 4. The molecule has 0 unspecified atom stereocenters. The van der Waals surface area contributed by atoms with E-state index in [2.05, 4.69) is 50.4 Å². The average Bonchev–Trinajstić information content (AvgIpc) is 2.49. The Kier molecular flexibility index (Phi) is 4.21. The van der Waals surface area contributed by atoms with Crippen LogP contribution in [0, 0.1) is 6.92 Å². The maximum atomic E-state index is 9.86. The van der Waals surface area contributed by atoms with Gasteiger partial charge in [-0.15, -0.1) is 0 Å². The largest absolute Gasteiger partial charge is 0.507 e. The highest BCUT2D eigenvalue weighted by atomic mass is 16.3. The molecule has 0 saturated carbocycles. The van der Waals surface area contributed by atoms with Crippen LogP contribution in [-0.4, -0.2) is 5.11 Å². The first-order valence-corrected chi connectivity index (χ1v) is 6.51. The fraction of sp³-hybridized carbons (Fsp3) is 0.0526. The molecule has 0 fully saturated rings. The van der Waals surface area contributed by atoms with Crippen molar-refractivity contribution in [1.82, 2.24) is 0 Å². The summed E-state index contributed by atoms with van der Waals surface area (Å²) in [7, 11) is 0. The molecule has 0 aliphatic heterocycles. The van der Waals surface area contributed by atoms with Gasteiger partial charge >= 0.3 is 0 Å². The van der Waals surface area contributed by atoms with Gasteiger partial charge in [-0.3, -0.25) is 0 Å². The molecule has 20 heavy (non-hydrogen) atoms. The van der Waals surface area contributed by atoms with Gasteiger partial charge in [0.25, 0.3) is 0 Å². The van der Waals surface area contributed by atoms with E-state index in [4.69, 9.17) is 0 Å². The predicted molar refractivity (Wildman–Crippen MR) is 86.6 cm³/mol. The minimum Gasteiger partial charge on any atom is -0.507 e. The first-order chi connectivity index (χ1) is 9.65. The van der Waals surface area contributed by atoms with Gasteiger partial charge in [-0.25, -0.2) is 0 Å². The summed E-state index contributed by atoms with van der Waals surface area (Å²) < 4.78 is 0. The SMILES string of the molecule is C=C/C(O)=C(\C=C)c1cccc(-c2ccc(C)cc2)c1. The Morgan fingerprint density at radius 1 is 0.950 bits per heavy atom. The molecule has 0 radical (unpaired) electrons. The van der Waals surface area contributed by atoms with Gasteiger partial charge in [-0.2, -0.15) is 0 Å². The van der Waals surface area contributed by atoms with Crippen LogP contribution >= 0.6 is 0 Å². The van der Waals surface area contributed by atoms with Gasteiger partial charge in [0.1, 0.15) is 5.76 Å². The van der Waals surface area contributed by atoms with Gasteiger partial charge in [0.05, 0.1) is 0 Å². The number of aliphatic hydroxyl groups is 1. The van der Waals surface area contributed by atoms with Crippen LogP contribution in [0.15, 0.2) is 79.6 Å². The lowest BCUT2D eigenvalue weighted by atomic mass is 9.98. The van der Waals surface area contributed by atoms with Crippen molar-refractivity contribution in [3.63, 3.8) is 0 Å². The van der Waals surface area contributed by atoms with Crippen LogP contribution in [0.3, 0.4) is 0 Å². The van der Waals surface area contributed by atoms with E-state index in [-0.39, 0.29) is 5.76 Å². The molecule has 0 atom stereocenters. The number of aliphatic hydroxyl groups excluding tert-OH is 1. The standard InChI is InChI=1S/C19H18O/c1-4-18(19(20)5-2)17-8-6-7-16(13-17)15-11-9-14(3)10-12-15/h4-13,20H,1-2H2,3H3/b19-18-. The predicted octanol–water partition coefficient (Wildman–Crippen LogP) is 5.30. The third-order valence-corrected chi connectivity index (χ3v) is 3.23. The third-order valence-electron chi connectivity index (χ3n) is 3.23. The van der Waals surface area contributed by atoms with E-state index >= 15 is 0 Å². The summed E-state index contributed by atoms with van der Waals surface area (Å²) >= 11 is 0. The Labute approximate surface area is 120 Å². The highest BCUT2D eigenvalue weighted by Gasteiger charge is 2.05.